The maximum Gasteiger partial charge on any atom is 0.275 e. The Labute approximate surface area is 152 Å². The molecule has 0 saturated heterocycles. The van der Waals surface area contributed by atoms with E-state index in [1.165, 1.54) is 11.5 Å². The molecule has 0 radical (unpaired) electrons. The summed E-state index contributed by atoms with van der Waals surface area (Å²) in [5, 5.41) is 0.662. The first-order chi connectivity index (χ1) is 12.7. The zero-order valence-corrected chi connectivity index (χ0v) is 14.8. The van der Waals surface area contributed by atoms with Crippen LogP contribution in [0.25, 0.3) is 32.4 Å². The molecule has 130 valence electrons. The molecule has 1 N–H and O–H groups in total. The monoisotopic (exact) mass is 364 g/mol. The van der Waals surface area contributed by atoms with Crippen molar-refractivity contribution in [3.8, 4) is 11.3 Å². The molecule has 7 heteroatoms. The van der Waals surface area contributed by atoms with E-state index in [1.54, 1.807) is 18.5 Å². The van der Waals surface area contributed by atoms with Crippen LogP contribution in [0, 0.1) is 0 Å². The fraction of sp³-hybridized carbons (Fsp3) is 0.263. The van der Waals surface area contributed by atoms with Gasteiger partial charge in [0.25, 0.3) is 11.1 Å². The summed E-state index contributed by atoms with van der Waals surface area (Å²) in [6.45, 7) is 0. The molecule has 3 aromatic heterocycles. The van der Waals surface area contributed by atoms with Crippen LogP contribution in [-0.2, 0) is 0 Å². The number of nitrogens with one attached hydrogen (secondary N) is 1. The zero-order valence-electron chi connectivity index (χ0n) is 13.9. The molecule has 0 bridgehead atoms. The molecular weight excluding hydrogens is 348 g/mol. The Morgan fingerprint density at radius 1 is 1.15 bits per heavy atom. The van der Waals surface area contributed by atoms with Crippen LogP contribution in [0.2, 0.25) is 0 Å². The predicted octanol–water partition coefficient (Wildman–Crippen LogP) is 3.48. The molecule has 1 aromatic carbocycles. The van der Waals surface area contributed by atoms with E-state index in [4.69, 9.17) is 0 Å². The van der Waals surface area contributed by atoms with Crippen LogP contribution in [0.15, 0.2) is 46.2 Å². The Morgan fingerprint density at radius 3 is 2.85 bits per heavy atom. The van der Waals surface area contributed by atoms with Crippen molar-refractivity contribution in [1.82, 2.24) is 18.9 Å². The van der Waals surface area contributed by atoms with Crippen molar-refractivity contribution in [2.75, 3.05) is 0 Å². The second-order valence-corrected chi connectivity index (χ2v) is 7.63. The summed E-state index contributed by atoms with van der Waals surface area (Å²) in [4.78, 5) is 36.8. The van der Waals surface area contributed by atoms with E-state index < -0.39 is 0 Å². The van der Waals surface area contributed by atoms with Gasteiger partial charge in [0.15, 0.2) is 0 Å². The van der Waals surface area contributed by atoms with Crippen molar-refractivity contribution in [2.24, 2.45) is 0 Å². The number of benzene rings is 1. The summed E-state index contributed by atoms with van der Waals surface area (Å²) in [6, 6.07) is 7.56. The Morgan fingerprint density at radius 2 is 2.00 bits per heavy atom. The molecule has 0 unspecified atom stereocenters. The summed E-state index contributed by atoms with van der Waals surface area (Å²) in [5.74, 6) is 0. The summed E-state index contributed by atoms with van der Waals surface area (Å²) < 4.78 is 2.72. The van der Waals surface area contributed by atoms with Gasteiger partial charge in [0.2, 0.25) is 0 Å². The average Bonchev–Trinajstić information content (AvgIpc) is 3.29. The summed E-state index contributed by atoms with van der Waals surface area (Å²) in [6.07, 6.45) is 7.65. The standard InChI is InChI=1S/C19H16N4O2S/c24-18-16(21-14-8-9-20-10-15(14)22-18)12-6-3-7-13-17(12)26-23(19(13)25)11-4-1-2-5-11/h3,6-11H,1-2,4-5H2,(H,22,24). The minimum absolute atomic E-state index is 0.0418. The minimum atomic E-state index is -0.272. The van der Waals surface area contributed by atoms with Crippen molar-refractivity contribution >= 4 is 32.7 Å². The molecule has 6 nitrogen and oxygen atoms in total. The summed E-state index contributed by atoms with van der Waals surface area (Å²) in [7, 11) is 0. The predicted molar refractivity (Wildman–Crippen MR) is 103 cm³/mol. The second-order valence-electron chi connectivity index (χ2n) is 6.65. The number of pyridine rings is 1. The summed E-state index contributed by atoms with van der Waals surface area (Å²) >= 11 is 1.46. The molecule has 1 fully saturated rings. The highest BCUT2D eigenvalue weighted by atomic mass is 32.1. The lowest BCUT2D eigenvalue weighted by molar-refractivity contribution is 0.546. The smallest absolute Gasteiger partial charge is 0.275 e. The molecule has 4 aromatic rings. The van der Waals surface area contributed by atoms with Crippen molar-refractivity contribution < 1.29 is 0 Å². The fourth-order valence-electron chi connectivity index (χ4n) is 3.74. The Kier molecular flexibility index (Phi) is 3.49. The van der Waals surface area contributed by atoms with E-state index in [9.17, 15) is 9.59 Å². The number of hydrogen-bond acceptors (Lipinski definition) is 5. The van der Waals surface area contributed by atoms with E-state index in [1.807, 2.05) is 22.2 Å². The largest absolute Gasteiger partial charge is 0.317 e. The topological polar surface area (TPSA) is 80.6 Å². The highest BCUT2D eigenvalue weighted by Gasteiger charge is 2.22. The molecule has 0 amide bonds. The SMILES string of the molecule is O=c1[nH]c2cnccc2nc1-c1cccc2c(=O)n(C3CCCC3)sc12. The Hall–Kier alpha value is -2.80. The molecule has 26 heavy (non-hydrogen) atoms. The minimum Gasteiger partial charge on any atom is -0.317 e. The number of H-pyrrole nitrogens is 1. The lowest BCUT2D eigenvalue weighted by Gasteiger charge is -2.07. The van der Waals surface area contributed by atoms with Gasteiger partial charge in [-0.3, -0.25) is 18.5 Å². The van der Waals surface area contributed by atoms with Crippen LogP contribution >= 0.6 is 11.5 Å². The lowest BCUT2D eigenvalue weighted by Crippen LogP contribution is -2.16. The van der Waals surface area contributed by atoms with Crippen molar-refractivity contribution in [2.45, 2.75) is 31.7 Å². The number of aromatic nitrogens is 4. The van der Waals surface area contributed by atoms with Gasteiger partial charge in [0.1, 0.15) is 5.69 Å². The van der Waals surface area contributed by atoms with Gasteiger partial charge in [-0.05, 0) is 25.0 Å². The van der Waals surface area contributed by atoms with Gasteiger partial charge in [0.05, 0.1) is 27.3 Å². The number of rotatable bonds is 2. The quantitative estimate of drug-likeness (QED) is 0.590. The third kappa shape index (κ3) is 2.31. The van der Waals surface area contributed by atoms with Gasteiger partial charge in [0, 0.05) is 17.8 Å². The van der Waals surface area contributed by atoms with Crippen LogP contribution < -0.4 is 11.1 Å². The van der Waals surface area contributed by atoms with Crippen LogP contribution in [0.5, 0.6) is 0 Å². The average molecular weight is 364 g/mol. The van der Waals surface area contributed by atoms with Crippen LogP contribution in [0.3, 0.4) is 0 Å². The number of aromatic amines is 1. The first kappa shape index (κ1) is 15.5. The van der Waals surface area contributed by atoms with E-state index >= 15 is 0 Å². The Balaban J connectivity index is 1.77. The third-order valence-corrected chi connectivity index (χ3v) is 6.32. The van der Waals surface area contributed by atoms with Crippen molar-refractivity contribution in [3.63, 3.8) is 0 Å². The first-order valence-corrected chi connectivity index (χ1v) is 9.48. The molecule has 0 spiro atoms. The maximum atomic E-state index is 12.9. The van der Waals surface area contributed by atoms with E-state index in [0.29, 0.717) is 27.7 Å². The van der Waals surface area contributed by atoms with Crippen LogP contribution in [0.4, 0.5) is 0 Å². The Bertz CT molecular complexity index is 1250. The summed E-state index contributed by atoms with van der Waals surface area (Å²) in [5.41, 5.74) is 2.10. The first-order valence-electron chi connectivity index (χ1n) is 8.71. The molecule has 5 rings (SSSR count). The van der Waals surface area contributed by atoms with Crippen LogP contribution in [0.1, 0.15) is 31.7 Å². The zero-order chi connectivity index (χ0) is 17.7. The van der Waals surface area contributed by atoms with Gasteiger partial charge in [-0.15, -0.1) is 0 Å². The molecular formula is C19H16N4O2S. The van der Waals surface area contributed by atoms with E-state index in [2.05, 4.69) is 15.0 Å². The van der Waals surface area contributed by atoms with Crippen LogP contribution in [-0.4, -0.2) is 18.9 Å². The third-order valence-electron chi connectivity index (χ3n) is 5.04. The van der Waals surface area contributed by atoms with E-state index in [-0.39, 0.29) is 17.2 Å². The normalized spacial score (nSPS) is 15.2. The molecule has 0 atom stereocenters. The van der Waals surface area contributed by atoms with Crippen molar-refractivity contribution in [1.29, 1.82) is 0 Å². The van der Waals surface area contributed by atoms with Gasteiger partial charge < -0.3 is 4.98 Å². The van der Waals surface area contributed by atoms with Gasteiger partial charge in [-0.25, -0.2) is 4.98 Å². The number of hydrogen-bond donors (Lipinski definition) is 1. The molecule has 0 aliphatic heterocycles. The number of fused-ring (bicyclic) bond motifs is 2. The van der Waals surface area contributed by atoms with E-state index in [0.717, 1.165) is 30.4 Å². The fourth-order valence-corrected chi connectivity index (χ4v) is 5.00. The molecule has 1 aliphatic carbocycles. The molecule has 3 heterocycles. The van der Waals surface area contributed by atoms with Gasteiger partial charge in [-0.1, -0.05) is 36.5 Å². The number of nitrogens with zero attached hydrogens (tertiary/aromatic N) is 3. The second kappa shape index (κ2) is 5.88. The molecule has 1 aliphatic rings. The highest BCUT2D eigenvalue weighted by Crippen LogP contribution is 2.34. The van der Waals surface area contributed by atoms with Gasteiger partial charge in [-0.2, -0.15) is 0 Å². The van der Waals surface area contributed by atoms with Gasteiger partial charge >= 0.3 is 0 Å². The highest BCUT2D eigenvalue weighted by molar-refractivity contribution is 7.14. The lowest BCUT2D eigenvalue weighted by atomic mass is 10.1. The maximum absolute atomic E-state index is 12.9. The van der Waals surface area contributed by atoms with Crippen molar-refractivity contribution in [3.05, 3.63) is 57.4 Å². The molecule has 1 saturated carbocycles.